The highest BCUT2D eigenvalue weighted by Gasteiger charge is 2.28. The lowest BCUT2D eigenvalue weighted by atomic mass is 10.0. The fourth-order valence-electron chi connectivity index (χ4n) is 3.26. The number of aryl methyl sites for hydroxylation is 2. The number of carbonyl (C=O) groups excluding carboxylic acids is 2. The normalized spacial score (nSPS) is 19.0. The van der Waals surface area contributed by atoms with Gasteiger partial charge in [-0.15, -0.1) is 0 Å². The molecular formula is C17H25N5O3. The Morgan fingerprint density at radius 2 is 1.72 bits per heavy atom. The van der Waals surface area contributed by atoms with E-state index >= 15 is 0 Å². The monoisotopic (exact) mass is 347 g/mol. The molecule has 0 atom stereocenters. The van der Waals surface area contributed by atoms with Gasteiger partial charge in [0, 0.05) is 37.9 Å². The SMILES string of the molecule is Cc1cc(C(=O)NC2CCN(C(=O)N3CCOCC3)CC2)nc(C)n1. The number of ether oxygens (including phenoxy) is 1. The van der Waals surface area contributed by atoms with Gasteiger partial charge in [0.15, 0.2) is 0 Å². The zero-order valence-electron chi connectivity index (χ0n) is 14.8. The third-order valence-electron chi connectivity index (χ3n) is 4.58. The second kappa shape index (κ2) is 7.77. The molecule has 1 N–H and O–H groups in total. The number of likely N-dealkylation sites (tertiary alicyclic amines) is 1. The van der Waals surface area contributed by atoms with Crippen molar-refractivity contribution in [2.45, 2.75) is 32.7 Å². The van der Waals surface area contributed by atoms with Gasteiger partial charge in [0.25, 0.3) is 5.91 Å². The smallest absolute Gasteiger partial charge is 0.320 e. The van der Waals surface area contributed by atoms with Gasteiger partial charge in [-0.1, -0.05) is 0 Å². The highest BCUT2D eigenvalue weighted by Crippen LogP contribution is 2.14. The molecule has 0 aromatic carbocycles. The van der Waals surface area contributed by atoms with Crippen molar-refractivity contribution in [2.75, 3.05) is 39.4 Å². The number of carbonyl (C=O) groups is 2. The van der Waals surface area contributed by atoms with E-state index in [1.807, 2.05) is 16.7 Å². The number of morpholine rings is 1. The molecule has 0 bridgehead atoms. The molecule has 2 saturated heterocycles. The molecule has 8 nitrogen and oxygen atoms in total. The minimum Gasteiger partial charge on any atom is -0.378 e. The molecule has 25 heavy (non-hydrogen) atoms. The van der Waals surface area contributed by atoms with Crippen LogP contribution in [0, 0.1) is 13.8 Å². The van der Waals surface area contributed by atoms with Gasteiger partial charge in [0.05, 0.1) is 13.2 Å². The first-order valence-corrected chi connectivity index (χ1v) is 8.77. The number of nitrogens with one attached hydrogen (secondary N) is 1. The van der Waals surface area contributed by atoms with E-state index < -0.39 is 0 Å². The largest absolute Gasteiger partial charge is 0.378 e. The van der Waals surface area contributed by atoms with Crippen LogP contribution in [0.1, 0.15) is 34.8 Å². The average Bonchev–Trinajstić information content (AvgIpc) is 2.61. The first kappa shape index (κ1) is 17.6. The molecule has 3 rings (SSSR count). The van der Waals surface area contributed by atoms with Crippen molar-refractivity contribution in [3.8, 4) is 0 Å². The van der Waals surface area contributed by atoms with Gasteiger partial charge < -0.3 is 19.9 Å². The summed E-state index contributed by atoms with van der Waals surface area (Å²) in [7, 11) is 0. The average molecular weight is 347 g/mol. The molecule has 2 aliphatic rings. The number of hydrogen-bond acceptors (Lipinski definition) is 5. The summed E-state index contributed by atoms with van der Waals surface area (Å²) in [5.74, 6) is 0.419. The lowest BCUT2D eigenvalue weighted by Crippen LogP contribution is -2.52. The first-order chi connectivity index (χ1) is 12.0. The Morgan fingerprint density at radius 3 is 2.36 bits per heavy atom. The van der Waals surface area contributed by atoms with Gasteiger partial charge in [-0.2, -0.15) is 0 Å². The molecule has 3 amide bonds. The van der Waals surface area contributed by atoms with E-state index in [9.17, 15) is 9.59 Å². The standard InChI is InChI=1S/C17H25N5O3/c1-12-11-15(19-13(2)18-12)16(23)20-14-3-5-21(6-4-14)17(24)22-7-9-25-10-8-22/h11,14H,3-10H2,1-2H3,(H,20,23). The lowest BCUT2D eigenvalue weighted by molar-refractivity contribution is 0.0407. The van der Waals surface area contributed by atoms with E-state index in [0.717, 1.165) is 18.5 Å². The topological polar surface area (TPSA) is 87.7 Å². The van der Waals surface area contributed by atoms with Crippen molar-refractivity contribution in [3.05, 3.63) is 23.3 Å². The van der Waals surface area contributed by atoms with Gasteiger partial charge in [-0.3, -0.25) is 4.79 Å². The summed E-state index contributed by atoms with van der Waals surface area (Å²) in [6, 6.07) is 1.84. The van der Waals surface area contributed by atoms with E-state index in [0.29, 0.717) is 50.9 Å². The molecule has 0 radical (unpaired) electrons. The third kappa shape index (κ3) is 4.45. The number of nitrogens with zero attached hydrogens (tertiary/aromatic N) is 4. The maximum absolute atomic E-state index is 12.5. The van der Waals surface area contributed by atoms with Crippen LogP contribution in [-0.4, -0.2) is 77.1 Å². The minimum absolute atomic E-state index is 0.0665. The summed E-state index contributed by atoms with van der Waals surface area (Å²) in [6.45, 7) is 7.46. The van der Waals surface area contributed by atoms with E-state index in [1.54, 1.807) is 13.0 Å². The summed E-state index contributed by atoms with van der Waals surface area (Å²) >= 11 is 0. The predicted octanol–water partition coefficient (Wildman–Crippen LogP) is 0.740. The fraction of sp³-hybridized carbons (Fsp3) is 0.647. The number of amides is 3. The Hall–Kier alpha value is -2.22. The van der Waals surface area contributed by atoms with Crippen LogP contribution in [0.2, 0.25) is 0 Å². The molecule has 1 aromatic rings. The number of rotatable bonds is 2. The van der Waals surface area contributed by atoms with Crippen LogP contribution < -0.4 is 5.32 Å². The predicted molar refractivity (Wildman–Crippen MR) is 91.4 cm³/mol. The van der Waals surface area contributed by atoms with E-state index in [-0.39, 0.29) is 18.0 Å². The number of piperidine rings is 1. The molecule has 1 aromatic heterocycles. The van der Waals surface area contributed by atoms with Crippen molar-refractivity contribution in [1.29, 1.82) is 0 Å². The molecule has 0 unspecified atom stereocenters. The Bertz CT molecular complexity index is 617. The quantitative estimate of drug-likeness (QED) is 0.852. The van der Waals surface area contributed by atoms with Crippen LogP contribution in [0.3, 0.4) is 0 Å². The van der Waals surface area contributed by atoms with Crippen LogP contribution in [-0.2, 0) is 4.74 Å². The fourth-order valence-corrected chi connectivity index (χ4v) is 3.26. The van der Waals surface area contributed by atoms with Crippen molar-refractivity contribution in [2.24, 2.45) is 0 Å². The van der Waals surface area contributed by atoms with Gasteiger partial charge in [-0.05, 0) is 32.8 Å². The van der Waals surface area contributed by atoms with Crippen LogP contribution in [0.5, 0.6) is 0 Å². The van der Waals surface area contributed by atoms with Crippen molar-refractivity contribution in [1.82, 2.24) is 25.1 Å². The third-order valence-corrected chi connectivity index (χ3v) is 4.58. The molecule has 0 spiro atoms. The maximum Gasteiger partial charge on any atom is 0.320 e. The van der Waals surface area contributed by atoms with E-state index in [4.69, 9.17) is 4.74 Å². The van der Waals surface area contributed by atoms with Crippen molar-refractivity contribution < 1.29 is 14.3 Å². The molecule has 0 aliphatic carbocycles. The van der Waals surface area contributed by atoms with Crippen molar-refractivity contribution >= 4 is 11.9 Å². The molecule has 0 saturated carbocycles. The zero-order chi connectivity index (χ0) is 17.8. The first-order valence-electron chi connectivity index (χ1n) is 8.77. The van der Waals surface area contributed by atoms with Crippen LogP contribution in [0.15, 0.2) is 6.07 Å². The van der Waals surface area contributed by atoms with Gasteiger partial charge >= 0.3 is 6.03 Å². The highest BCUT2D eigenvalue weighted by molar-refractivity contribution is 5.92. The second-order valence-corrected chi connectivity index (χ2v) is 6.56. The molecular weight excluding hydrogens is 322 g/mol. The summed E-state index contributed by atoms with van der Waals surface area (Å²) in [4.78, 5) is 36.9. The highest BCUT2D eigenvalue weighted by atomic mass is 16.5. The number of hydrogen-bond donors (Lipinski definition) is 1. The molecule has 8 heteroatoms. The van der Waals surface area contributed by atoms with E-state index in [1.165, 1.54) is 0 Å². The Morgan fingerprint density at radius 1 is 1.08 bits per heavy atom. The van der Waals surface area contributed by atoms with Crippen LogP contribution in [0.25, 0.3) is 0 Å². The lowest BCUT2D eigenvalue weighted by Gasteiger charge is -2.37. The van der Waals surface area contributed by atoms with Crippen LogP contribution in [0.4, 0.5) is 4.79 Å². The van der Waals surface area contributed by atoms with Gasteiger partial charge in [-0.25, -0.2) is 14.8 Å². The molecule has 2 aliphatic heterocycles. The second-order valence-electron chi connectivity index (χ2n) is 6.56. The maximum atomic E-state index is 12.5. The summed E-state index contributed by atoms with van der Waals surface area (Å²) in [6.07, 6.45) is 1.51. The summed E-state index contributed by atoms with van der Waals surface area (Å²) < 4.78 is 5.29. The Kier molecular flexibility index (Phi) is 5.47. The number of urea groups is 1. The van der Waals surface area contributed by atoms with Gasteiger partial charge in [0.1, 0.15) is 11.5 Å². The Balaban J connectivity index is 1.50. The Labute approximate surface area is 147 Å². The van der Waals surface area contributed by atoms with E-state index in [2.05, 4.69) is 15.3 Å². The van der Waals surface area contributed by atoms with Crippen LogP contribution >= 0.6 is 0 Å². The van der Waals surface area contributed by atoms with Gasteiger partial charge in [0.2, 0.25) is 0 Å². The van der Waals surface area contributed by atoms with Crippen molar-refractivity contribution in [3.63, 3.8) is 0 Å². The zero-order valence-corrected chi connectivity index (χ0v) is 14.8. The molecule has 2 fully saturated rings. The summed E-state index contributed by atoms with van der Waals surface area (Å²) in [5, 5.41) is 3.03. The molecule has 136 valence electrons. The molecule has 3 heterocycles. The number of aromatic nitrogens is 2. The minimum atomic E-state index is -0.174. The summed E-state index contributed by atoms with van der Waals surface area (Å²) in [5.41, 5.74) is 1.18.